The Morgan fingerprint density at radius 1 is 1.39 bits per heavy atom. The molecule has 96 valence electrons. The monoisotopic (exact) mass is 267 g/mol. The van der Waals surface area contributed by atoms with Crippen molar-refractivity contribution < 1.29 is 18.3 Å². The molecule has 1 aromatic carbocycles. The number of carboxylic acid groups (broad SMARTS) is 1. The van der Waals surface area contributed by atoms with Crippen molar-refractivity contribution >= 4 is 21.4 Å². The van der Waals surface area contributed by atoms with Crippen LogP contribution in [0, 0.1) is 0 Å². The van der Waals surface area contributed by atoms with E-state index in [1.54, 1.807) is 0 Å². The SMILES string of the molecule is CCNCC1=CS(=O)(=O)c2ccc(C(=O)O)cc21. The average molecular weight is 267 g/mol. The molecule has 1 aromatic rings. The van der Waals surface area contributed by atoms with Crippen molar-refractivity contribution in [1.82, 2.24) is 5.32 Å². The van der Waals surface area contributed by atoms with E-state index in [-0.39, 0.29) is 10.5 Å². The van der Waals surface area contributed by atoms with Crippen LogP contribution < -0.4 is 5.32 Å². The topological polar surface area (TPSA) is 83.5 Å². The Morgan fingerprint density at radius 2 is 2.11 bits per heavy atom. The van der Waals surface area contributed by atoms with Gasteiger partial charge in [0.25, 0.3) is 0 Å². The fourth-order valence-corrected chi connectivity index (χ4v) is 3.34. The van der Waals surface area contributed by atoms with Crippen molar-refractivity contribution in [2.24, 2.45) is 0 Å². The van der Waals surface area contributed by atoms with Gasteiger partial charge < -0.3 is 10.4 Å². The first-order valence-electron chi connectivity index (χ1n) is 5.50. The molecule has 1 aliphatic heterocycles. The predicted molar refractivity (Wildman–Crippen MR) is 67.1 cm³/mol. The van der Waals surface area contributed by atoms with Gasteiger partial charge in [0.2, 0.25) is 9.84 Å². The fraction of sp³-hybridized carbons (Fsp3) is 0.250. The molecule has 0 atom stereocenters. The van der Waals surface area contributed by atoms with E-state index >= 15 is 0 Å². The standard InChI is InChI=1S/C12H13NO4S/c1-2-13-6-9-7-18(16,17)11-4-3-8(12(14)15)5-10(9)11/h3-5,7,13H,2,6H2,1H3,(H,14,15). The van der Waals surface area contributed by atoms with Gasteiger partial charge in [-0.15, -0.1) is 0 Å². The van der Waals surface area contributed by atoms with E-state index in [1.165, 1.54) is 23.6 Å². The van der Waals surface area contributed by atoms with Gasteiger partial charge in [-0.05, 0) is 35.9 Å². The maximum Gasteiger partial charge on any atom is 0.335 e. The molecule has 1 aliphatic rings. The molecule has 2 N–H and O–H groups in total. The number of aromatic carboxylic acids is 1. The first kappa shape index (κ1) is 12.8. The van der Waals surface area contributed by atoms with E-state index in [0.717, 1.165) is 0 Å². The number of hydrogen-bond acceptors (Lipinski definition) is 4. The van der Waals surface area contributed by atoms with E-state index < -0.39 is 15.8 Å². The molecule has 0 fully saturated rings. The van der Waals surface area contributed by atoms with Gasteiger partial charge in [0.1, 0.15) is 0 Å². The van der Waals surface area contributed by atoms with Crippen molar-refractivity contribution in [3.05, 3.63) is 34.7 Å². The maximum absolute atomic E-state index is 11.9. The summed E-state index contributed by atoms with van der Waals surface area (Å²) in [4.78, 5) is 11.1. The summed E-state index contributed by atoms with van der Waals surface area (Å²) in [6.45, 7) is 3.04. The highest BCUT2D eigenvalue weighted by atomic mass is 32.2. The average Bonchev–Trinajstić information content (AvgIpc) is 2.58. The normalized spacial score (nSPS) is 16.2. The number of fused-ring (bicyclic) bond motifs is 1. The highest BCUT2D eigenvalue weighted by Crippen LogP contribution is 2.33. The van der Waals surface area contributed by atoms with Crippen molar-refractivity contribution in [3.8, 4) is 0 Å². The van der Waals surface area contributed by atoms with Crippen molar-refractivity contribution in [1.29, 1.82) is 0 Å². The van der Waals surface area contributed by atoms with Crippen LogP contribution in [0.5, 0.6) is 0 Å². The molecule has 2 rings (SSSR count). The Labute approximate surface area is 105 Å². The van der Waals surface area contributed by atoms with E-state index in [1.807, 2.05) is 6.92 Å². The lowest BCUT2D eigenvalue weighted by Gasteiger charge is -2.06. The van der Waals surface area contributed by atoms with Gasteiger partial charge in [0.15, 0.2) is 0 Å². The molecule has 0 amide bonds. The van der Waals surface area contributed by atoms with Gasteiger partial charge in [0.05, 0.1) is 10.5 Å². The molecule has 0 aromatic heterocycles. The van der Waals surface area contributed by atoms with Gasteiger partial charge in [-0.25, -0.2) is 13.2 Å². The molecule has 0 bridgehead atoms. The van der Waals surface area contributed by atoms with Gasteiger partial charge in [-0.2, -0.15) is 0 Å². The van der Waals surface area contributed by atoms with Crippen LogP contribution >= 0.6 is 0 Å². The number of carbonyl (C=O) groups is 1. The third-order valence-electron chi connectivity index (χ3n) is 2.74. The Kier molecular flexibility index (Phi) is 3.23. The Balaban J connectivity index is 2.51. The third kappa shape index (κ3) is 2.16. The molecule has 0 saturated heterocycles. The van der Waals surface area contributed by atoms with Crippen molar-refractivity contribution in [2.45, 2.75) is 11.8 Å². The van der Waals surface area contributed by atoms with Crippen LogP contribution in [0.4, 0.5) is 0 Å². The number of hydrogen-bond donors (Lipinski definition) is 2. The van der Waals surface area contributed by atoms with E-state index in [2.05, 4.69) is 5.32 Å². The number of benzene rings is 1. The number of likely N-dealkylation sites (N-methyl/N-ethyl adjacent to an activating group) is 1. The first-order chi connectivity index (χ1) is 8.45. The van der Waals surface area contributed by atoms with Gasteiger partial charge in [-0.3, -0.25) is 0 Å². The van der Waals surface area contributed by atoms with Crippen LogP contribution in [0.15, 0.2) is 28.5 Å². The molecule has 1 heterocycles. The predicted octanol–water partition coefficient (Wildman–Crippen LogP) is 1.12. The van der Waals surface area contributed by atoms with E-state index in [9.17, 15) is 13.2 Å². The Bertz CT molecular complexity index is 631. The first-order valence-corrected chi connectivity index (χ1v) is 7.04. The molecular weight excluding hydrogens is 254 g/mol. The minimum Gasteiger partial charge on any atom is -0.478 e. The lowest BCUT2D eigenvalue weighted by Crippen LogP contribution is -2.15. The van der Waals surface area contributed by atoms with Crippen LogP contribution in [0.25, 0.3) is 5.57 Å². The van der Waals surface area contributed by atoms with E-state index in [0.29, 0.717) is 24.2 Å². The van der Waals surface area contributed by atoms with Crippen molar-refractivity contribution in [3.63, 3.8) is 0 Å². The zero-order valence-corrected chi connectivity index (χ0v) is 10.6. The quantitative estimate of drug-likeness (QED) is 0.854. The van der Waals surface area contributed by atoms with Crippen LogP contribution in [0.2, 0.25) is 0 Å². The maximum atomic E-state index is 11.9. The molecule has 0 unspecified atom stereocenters. The van der Waals surface area contributed by atoms with Gasteiger partial charge in [-0.1, -0.05) is 6.92 Å². The third-order valence-corrected chi connectivity index (χ3v) is 4.31. The summed E-state index contributed by atoms with van der Waals surface area (Å²) in [5.74, 6) is -1.06. The second-order valence-electron chi connectivity index (χ2n) is 3.98. The second-order valence-corrected chi connectivity index (χ2v) is 5.75. The molecule has 18 heavy (non-hydrogen) atoms. The summed E-state index contributed by atoms with van der Waals surface area (Å²) in [5.41, 5.74) is 1.18. The summed E-state index contributed by atoms with van der Waals surface area (Å²) in [7, 11) is -3.42. The van der Waals surface area contributed by atoms with Crippen LogP contribution in [0.3, 0.4) is 0 Å². The minimum absolute atomic E-state index is 0.0910. The van der Waals surface area contributed by atoms with Crippen LogP contribution in [0.1, 0.15) is 22.8 Å². The number of nitrogens with one attached hydrogen (secondary N) is 1. The summed E-state index contributed by atoms with van der Waals surface area (Å²) in [6, 6.07) is 4.07. The number of sulfone groups is 1. The minimum atomic E-state index is -3.42. The summed E-state index contributed by atoms with van der Waals surface area (Å²) in [6.07, 6.45) is 0. The Hall–Kier alpha value is -1.66. The largest absolute Gasteiger partial charge is 0.478 e. The zero-order valence-electron chi connectivity index (χ0n) is 9.80. The van der Waals surface area contributed by atoms with Crippen LogP contribution in [-0.4, -0.2) is 32.6 Å². The van der Waals surface area contributed by atoms with E-state index in [4.69, 9.17) is 5.11 Å². The fourth-order valence-electron chi connectivity index (χ4n) is 1.87. The van der Waals surface area contributed by atoms with Gasteiger partial charge in [0, 0.05) is 12.0 Å². The molecular formula is C12H13NO4S. The smallest absolute Gasteiger partial charge is 0.335 e. The second kappa shape index (κ2) is 4.55. The highest BCUT2D eigenvalue weighted by molar-refractivity contribution is 7.95. The van der Waals surface area contributed by atoms with Gasteiger partial charge >= 0.3 is 5.97 Å². The highest BCUT2D eigenvalue weighted by Gasteiger charge is 2.27. The molecule has 0 saturated carbocycles. The lowest BCUT2D eigenvalue weighted by molar-refractivity contribution is 0.0696. The number of rotatable bonds is 4. The number of carboxylic acids is 1. The summed E-state index contributed by atoms with van der Waals surface area (Å²) >= 11 is 0. The summed E-state index contributed by atoms with van der Waals surface area (Å²) < 4.78 is 23.7. The molecule has 6 heteroatoms. The molecule has 0 spiro atoms. The summed E-state index contributed by atoms with van der Waals surface area (Å²) in [5, 5.41) is 13.2. The Morgan fingerprint density at radius 3 is 2.72 bits per heavy atom. The lowest BCUT2D eigenvalue weighted by atomic mass is 10.0. The molecule has 0 radical (unpaired) electrons. The zero-order chi connectivity index (χ0) is 13.3. The molecule has 0 aliphatic carbocycles. The molecule has 5 nitrogen and oxygen atoms in total. The van der Waals surface area contributed by atoms with Crippen LogP contribution in [-0.2, 0) is 9.84 Å². The van der Waals surface area contributed by atoms with Crippen molar-refractivity contribution in [2.75, 3.05) is 13.1 Å².